The van der Waals surface area contributed by atoms with Crippen LogP contribution in [0.4, 0.5) is 0 Å². The number of fused-ring (bicyclic) bond motifs is 1. The molecule has 0 atom stereocenters. The zero-order valence-electron chi connectivity index (χ0n) is 25.9. The number of carbonyl (C=O) groups is 2. The van der Waals surface area contributed by atoms with Crippen molar-refractivity contribution in [2.45, 2.75) is 79.8 Å². The summed E-state index contributed by atoms with van der Waals surface area (Å²) in [5.41, 5.74) is 5.91. The predicted octanol–water partition coefficient (Wildman–Crippen LogP) is 8.75. The summed E-state index contributed by atoms with van der Waals surface area (Å²) >= 11 is 7.00. The predicted molar refractivity (Wildman–Crippen MR) is 172 cm³/mol. The number of rotatable bonds is 6. The van der Waals surface area contributed by atoms with E-state index in [-0.39, 0.29) is 22.4 Å². The van der Waals surface area contributed by atoms with Crippen molar-refractivity contribution in [3.63, 3.8) is 0 Å². The molecule has 2 aliphatic carbocycles. The average Bonchev–Trinajstić information content (AvgIpc) is 2.91. The number of benzene rings is 3. The van der Waals surface area contributed by atoms with Gasteiger partial charge in [-0.2, -0.15) is 0 Å². The van der Waals surface area contributed by atoms with E-state index in [4.69, 9.17) is 21.1 Å². The highest BCUT2D eigenvalue weighted by Crippen LogP contribution is 2.52. The number of hydrogen-bond acceptors (Lipinski definition) is 5. The van der Waals surface area contributed by atoms with Crippen molar-refractivity contribution in [1.29, 1.82) is 0 Å². The van der Waals surface area contributed by atoms with Crippen LogP contribution in [0.25, 0.3) is 10.8 Å². The molecule has 0 saturated heterocycles. The number of aryl methyl sites for hydroxylation is 1. The van der Waals surface area contributed by atoms with Gasteiger partial charge >= 0.3 is 0 Å². The number of hydrogen-bond donors (Lipinski definition) is 1. The first-order chi connectivity index (χ1) is 20.4. The highest BCUT2D eigenvalue weighted by Gasteiger charge is 2.46. The van der Waals surface area contributed by atoms with Crippen LogP contribution >= 0.6 is 11.6 Å². The monoisotopic (exact) mass is 597 g/mol. The molecule has 6 rings (SSSR count). The van der Waals surface area contributed by atoms with Crippen LogP contribution in [-0.2, 0) is 16.2 Å². The molecule has 3 aromatic rings. The van der Waals surface area contributed by atoms with Gasteiger partial charge in [0.25, 0.3) is 0 Å². The van der Waals surface area contributed by atoms with Crippen molar-refractivity contribution in [1.82, 2.24) is 5.32 Å². The van der Waals surface area contributed by atoms with Crippen LogP contribution in [0, 0.1) is 17.8 Å². The van der Waals surface area contributed by atoms with Gasteiger partial charge in [0.2, 0.25) is 0 Å². The largest absolute Gasteiger partial charge is 0.490 e. The van der Waals surface area contributed by atoms with Crippen LogP contribution in [0.1, 0.15) is 82.9 Å². The van der Waals surface area contributed by atoms with Crippen molar-refractivity contribution in [2.24, 2.45) is 10.8 Å². The van der Waals surface area contributed by atoms with Crippen molar-refractivity contribution in [3.8, 4) is 11.5 Å². The van der Waals surface area contributed by atoms with Crippen molar-refractivity contribution >= 4 is 33.9 Å². The Balaban J connectivity index is 1.45. The standard InChI is InChI=1S/C37H40ClNO4/c1-7-42-31-15-23(14-26(38)35(31)43-20-25-21(2)12-13-22-10-8-9-11-24(22)25)32-33-27(16-36(3,4)18-29(33)40)39-28-17-37(5,6)19-30(41)34(28)32/h8-15,32,39H,7,16-20H2,1-6H3. The molecule has 0 aromatic heterocycles. The highest BCUT2D eigenvalue weighted by atomic mass is 35.5. The molecule has 1 N–H and O–H groups in total. The van der Waals surface area contributed by atoms with Gasteiger partial charge in [-0.1, -0.05) is 75.7 Å². The molecule has 1 aliphatic heterocycles. The third-order valence-corrected chi connectivity index (χ3v) is 9.30. The van der Waals surface area contributed by atoms with E-state index in [9.17, 15) is 9.59 Å². The van der Waals surface area contributed by atoms with Crippen LogP contribution in [0.3, 0.4) is 0 Å². The number of Topliss-reactive ketones (excluding diaryl/α,β-unsaturated/α-hetero) is 2. The van der Waals surface area contributed by atoms with E-state index in [2.05, 4.69) is 64.2 Å². The van der Waals surface area contributed by atoms with Gasteiger partial charge in [-0.25, -0.2) is 0 Å². The molecule has 6 heteroatoms. The maximum Gasteiger partial charge on any atom is 0.180 e. The third kappa shape index (κ3) is 5.48. The second kappa shape index (κ2) is 10.9. The molecule has 0 bridgehead atoms. The van der Waals surface area contributed by atoms with Crippen LogP contribution in [0.5, 0.6) is 11.5 Å². The lowest BCUT2D eigenvalue weighted by Gasteiger charge is -2.44. The van der Waals surface area contributed by atoms with Gasteiger partial charge in [0.15, 0.2) is 23.1 Å². The van der Waals surface area contributed by atoms with E-state index in [1.807, 2.05) is 31.2 Å². The van der Waals surface area contributed by atoms with Gasteiger partial charge in [0, 0.05) is 46.9 Å². The van der Waals surface area contributed by atoms with Gasteiger partial charge in [0.1, 0.15) is 6.61 Å². The maximum atomic E-state index is 13.8. The zero-order chi connectivity index (χ0) is 30.7. The fourth-order valence-corrected chi connectivity index (χ4v) is 7.43. The Morgan fingerprint density at radius 1 is 0.860 bits per heavy atom. The normalized spacial score (nSPS) is 19.7. The number of nitrogens with one attached hydrogen (secondary N) is 1. The lowest BCUT2D eigenvalue weighted by molar-refractivity contribution is -0.119. The van der Waals surface area contributed by atoms with E-state index in [1.165, 1.54) is 0 Å². The van der Waals surface area contributed by atoms with E-state index in [0.29, 0.717) is 53.7 Å². The number of dihydropyridines is 1. The quantitative estimate of drug-likeness (QED) is 0.308. The van der Waals surface area contributed by atoms with Crippen LogP contribution in [0.15, 0.2) is 71.1 Å². The van der Waals surface area contributed by atoms with Crippen LogP contribution in [-0.4, -0.2) is 18.2 Å². The Labute approximate surface area is 259 Å². The molecule has 0 unspecified atom stereocenters. The lowest BCUT2D eigenvalue weighted by atomic mass is 9.64. The van der Waals surface area contributed by atoms with E-state index in [1.54, 1.807) is 0 Å². The summed E-state index contributed by atoms with van der Waals surface area (Å²) in [4.78, 5) is 27.6. The minimum atomic E-state index is -0.496. The van der Waals surface area contributed by atoms with Crippen molar-refractivity contribution in [3.05, 3.63) is 92.8 Å². The molecular formula is C37H40ClNO4. The highest BCUT2D eigenvalue weighted by molar-refractivity contribution is 6.32. The van der Waals surface area contributed by atoms with Crippen LogP contribution in [0.2, 0.25) is 5.02 Å². The smallest absolute Gasteiger partial charge is 0.180 e. The lowest BCUT2D eigenvalue weighted by Crippen LogP contribution is -2.42. The molecule has 0 radical (unpaired) electrons. The minimum Gasteiger partial charge on any atom is -0.490 e. The molecule has 43 heavy (non-hydrogen) atoms. The molecule has 0 saturated carbocycles. The van der Waals surface area contributed by atoms with Gasteiger partial charge in [0.05, 0.1) is 11.6 Å². The fraction of sp³-hybridized carbons (Fsp3) is 0.405. The first kappa shape index (κ1) is 29.5. The van der Waals surface area contributed by atoms with Crippen molar-refractivity contribution < 1.29 is 19.1 Å². The molecule has 3 aromatic carbocycles. The number of allylic oxidation sites excluding steroid dienone is 4. The summed E-state index contributed by atoms with van der Waals surface area (Å²) in [6, 6.07) is 16.3. The minimum absolute atomic E-state index is 0.0776. The van der Waals surface area contributed by atoms with Gasteiger partial charge in [-0.05, 0) is 71.6 Å². The number of halogens is 1. The molecule has 0 spiro atoms. The van der Waals surface area contributed by atoms with Crippen molar-refractivity contribution in [2.75, 3.05) is 6.61 Å². The first-order valence-electron chi connectivity index (χ1n) is 15.2. The Bertz CT molecular complexity index is 1680. The van der Waals surface area contributed by atoms with Gasteiger partial charge in [-0.15, -0.1) is 0 Å². The second-order valence-electron chi connectivity index (χ2n) is 13.9. The average molecular weight is 598 g/mol. The Hall–Kier alpha value is -3.57. The summed E-state index contributed by atoms with van der Waals surface area (Å²) in [6.07, 6.45) is 2.36. The van der Waals surface area contributed by atoms with E-state index < -0.39 is 5.92 Å². The van der Waals surface area contributed by atoms with Crippen LogP contribution < -0.4 is 14.8 Å². The Morgan fingerprint density at radius 3 is 2.12 bits per heavy atom. The Morgan fingerprint density at radius 2 is 1.49 bits per heavy atom. The Kier molecular flexibility index (Phi) is 7.45. The molecule has 0 fully saturated rings. The maximum absolute atomic E-state index is 13.8. The summed E-state index contributed by atoms with van der Waals surface area (Å²) in [5, 5.41) is 6.27. The zero-order valence-corrected chi connectivity index (χ0v) is 26.7. The molecule has 3 aliphatic rings. The molecule has 224 valence electrons. The molecule has 1 heterocycles. The summed E-state index contributed by atoms with van der Waals surface area (Å²) in [5.74, 6) is 0.633. The third-order valence-electron chi connectivity index (χ3n) is 9.02. The molecule has 5 nitrogen and oxygen atoms in total. The first-order valence-corrected chi connectivity index (χ1v) is 15.6. The molecule has 0 amide bonds. The number of ketones is 2. The fourth-order valence-electron chi connectivity index (χ4n) is 7.16. The summed E-state index contributed by atoms with van der Waals surface area (Å²) in [7, 11) is 0. The SMILES string of the molecule is CCOc1cc(C2C3=C(CC(C)(C)CC3=O)NC3=C2C(=O)CC(C)(C)C3)cc(Cl)c1OCc1c(C)ccc2ccccc12. The summed E-state index contributed by atoms with van der Waals surface area (Å²) in [6.45, 7) is 13.2. The second-order valence-corrected chi connectivity index (χ2v) is 14.3. The molecular weight excluding hydrogens is 558 g/mol. The number of ether oxygens (including phenoxy) is 2. The topological polar surface area (TPSA) is 64.6 Å². The van der Waals surface area contributed by atoms with Gasteiger partial charge in [-0.3, -0.25) is 9.59 Å². The van der Waals surface area contributed by atoms with Gasteiger partial charge < -0.3 is 14.8 Å². The summed E-state index contributed by atoms with van der Waals surface area (Å²) < 4.78 is 12.5. The van der Waals surface area contributed by atoms with E-state index >= 15 is 0 Å². The number of carbonyl (C=O) groups excluding carboxylic acids is 2. The van der Waals surface area contributed by atoms with E-state index in [0.717, 1.165) is 51.7 Å².